The lowest BCUT2D eigenvalue weighted by molar-refractivity contribution is -0.136. The Balaban J connectivity index is 2.99. The number of hydrogen-bond acceptors (Lipinski definition) is 3. The van der Waals surface area contributed by atoms with Crippen LogP contribution in [0, 0.1) is 5.82 Å². The lowest BCUT2D eigenvalue weighted by atomic mass is 10.0. The third kappa shape index (κ3) is 3.00. The number of nitrogens with two attached hydrogens (primary N) is 2. The van der Waals surface area contributed by atoms with Crippen LogP contribution in [0.2, 0.25) is 0 Å². The van der Waals surface area contributed by atoms with Gasteiger partial charge in [-0.25, -0.2) is 4.39 Å². The summed E-state index contributed by atoms with van der Waals surface area (Å²) in [6.45, 7) is 0.118. The van der Waals surface area contributed by atoms with Crippen LogP contribution in [0.25, 0.3) is 0 Å². The molecule has 4 nitrogen and oxygen atoms in total. The molecule has 82 valence electrons. The number of carboxylic acid groups (broad SMARTS) is 1. The molecule has 0 aliphatic carbocycles. The van der Waals surface area contributed by atoms with E-state index in [0.717, 1.165) is 0 Å². The van der Waals surface area contributed by atoms with Gasteiger partial charge in [0.1, 0.15) is 5.82 Å². The zero-order valence-electron chi connectivity index (χ0n) is 8.11. The summed E-state index contributed by atoms with van der Waals surface area (Å²) in [5.74, 6) is -1.42. The van der Waals surface area contributed by atoms with E-state index >= 15 is 0 Å². The van der Waals surface area contributed by atoms with Crippen molar-refractivity contribution < 1.29 is 14.3 Å². The van der Waals surface area contributed by atoms with Crippen LogP contribution < -0.4 is 11.5 Å². The van der Waals surface area contributed by atoms with Crippen molar-refractivity contribution in [2.24, 2.45) is 11.5 Å². The van der Waals surface area contributed by atoms with Crippen molar-refractivity contribution in [3.05, 3.63) is 35.1 Å². The fourth-order valence-corrected chi connectivity index (χ4v) is 1.29. The molecule has 0 amide bonds. The van der Waals surface area contributed by atoms with Crippen LogP contribution in [-0.2, 0) is 11.2 Å². The third-order valence-electron chi connectivity index (χ3n) is 2.07. The van der Waals surface area contributed by atoms with Gasteiger partial charge in [0.05, 0.1) is 6.42 Å². The van der Waals surface area contributed by atoms with Crippen molar-refractivity contribution in [1.29, 1.82) is 0 Å². The summed E-state index contributed by atoms with van der Waals surface area (Å²) in [7, 11) is 0. The van der Waals surface area contributed by atoms with Gasteiger partial charge in [-0.05, 0) is 11.6 Å². The highest BCUT2D eigenvalue weighted by atomic mass is 19.1. The van der Waals surface area contributed by atoms with Gasteiger partial charge in [-0.3, -0.25) is 4.79 Å². The number of benzene rings is 1. The van der Waals surface area contributed by atoms with E-state index in [1.807, 2.05) is 0 Å². The van der Waals surface area contributed by atoms with E-state index in [0.29, 0.717) is 5.56 Å². The molecular formula is C10H13FN2O2. The van der Waals surface area contributed by atoms with Crippen LogP contribution in [0.3, 0.4) is 0 Å². The summed E-state index contributed by atoms with van der Waals surface area (Å²) in [6, 6.07) is 3.49. The molecule has 0 unspecified atom stereocenters. The van der Waals surface area contributed by atoms with Crippen molar-refractivity contribution in [3.8, 4) is 0 Å². The van der Waals surface area contributed by atoms with E-state index in [1.165, 1.54) is 18.2 Å². The van der Waals surface area contributed by atoms with Gasteiger partial charge in [-0.1, -0.05) is 12.1 Å². The molecule has 5 heteroatoms. The second kappa shape index (κ2) is 4.86. The standard InChI is InChI=1S/C10H13FN2O2/c11-8-2-1-6(4-10(14)15)3-7(8)9(13)5-12/h1-3,9H,4-5,12-13H2,(H,14,15)/t9-/m1/s1. The Kier molecular flexibility index (Phi) is 3.76. The Bertz CT molecular complexity index is 368. The smallest absolute Gasteiger partial charge is 0.307 e. The summed E-state index contributed by atoms with van der Waals surface area (Å²) < 4.78 is 13.3. The quantitative estimate of drug-likeness (QED) is 0.674. The minimum atomic E-state index is -0.964. The molecule has 1 aromatic carbocycles. The molecule has 0 aliphatic heterocycles. The highest BCUT2D eigenvalue weighted by molar-refractivity contribution is 5.70. The minimum absolute atomic E-state index is 0.118. The van der Waals surface area contributed by atoms with Crippen LogP contribution >= 0.6 is 0 Å². The molecule has 1 atom stereocenters. The molecule has 0 aliphatic rings. The van der Waals surface area contributed by atoms with Gasteiger partial charge in [0, 0.05) is 18.2 Å². The first-order valence-corrected chi connectivity index (χ1v) is 4.50. The molecule has 0 saturated carbocycles. The number of aliphatic carboxylic acids is 1. The fourth-order valence-electron chi connectivity index (χ4n) is 1.29. The largest absolute Gasteiger partial charge is 0.481 e. The molecule has 0 radical (unpaired) electrons. The normalized spacial score (nSPS) is 12.5. The number of halogens is 1. The van der Waals surface area contributed by atoms with Gasteiger partial charge in [0.2, 0.25) is 0 Å². The van der Waals surface area contributed by atoms with Crippen molar-refractivity contribution in [1.82, 2.24) is 0 Å². The van der Waals surface area contributed by atoms with Crippen LogP contribution in [0.1, 0.15) is 17.2 Å². The van der Waals surface area contributed by atoms with E-state index < -0.39 is 17.8 Å². The Morgan fingerprint density at radius 3 is 2.73 bits per heavy atom. The van der Waals surface area contributed by atoms with Crippen LogP contribution in [-0.4, -0.2) is 17.6 Å². The van der Waals surface area contributed by atoms with Crippen molar-refractivity contribution in [3.63, 3.8) is 0 Å². The maximum atomic E-state index is 13.3. The molecule has 0 spiro atoms. The van der Waals surface area contributed by atoms with Gasteiger partial charge in [-0.2, -0.15) is 0 Å². The van der Waals surface area contributed by atoms with E-state index in [-0.39, 0.29) is 18.5 Å². The molecule has 0 aromatic heterocycles. The molecule has 0 fully saturated rings. The van der Waals surface area contributed by atoms with E-state index in [2.05, 4.69) is 0 Å². The van der Waals surface area contributed by atoms with Gasteiger partial charge < -0.3 is 16.6 Å². The van der Waals surface area contributed by atoms with Gasteiger partial charge >= 0.3 is 5.97 Å². The molecule has 1 rings (SSSR count). The maximum absolute atomic E-state index is 13.3. The molecule has 0 saturated heterocycles. The second-order valence-electron chi connectivity index (χ2n) is 3.27. The first-order valence-electron chi connectivity index (χ1n) is 4.50. The highest BCUT2D eigenvalue weighted by Gasteiger charge is 2.11. The zero-order chi connectivity index (χ0) is 11.4. The number of hydrogen-bond donors (Lipinski definition) is 3. The monoisotopic (exact) mass is 212 g/mol. The van der Waals surface area contributed by atoms with Gasteiger partial charge in [0.15, 0.2) is 0 Å². The molecule has 5 N–H and O–H groups in total. The highest BCUT2D eigenvalue weighted by Crippen LogP contribution is 2.16. The molecule has 1 aromatic rings. The van der Waals surface area contributed by atoms with Crippen molar-refractivity contribution in [2.45, 2.75) is 12.5 Å². The Morgan fingerprint density at radius 1 is 1.53 bits per heavy atom. The predicted octanol–water partition coefficient (Wildman–Crippen LogP) is 0.411. The Labute approximate surface area is 86.7 Å². The average molecular weight is 212 g/mol. The fraction of sp³-hybridized carbons (Fsp3) is 0.300. The SMILES string of the molecule is NC[C@@H](N)c1cc(CC(=O)O)ccc1F. The van der Waals surface area contributed by atoms with E-state index in [4.69, 9.17) is 16.6 Å². The van der Waals surface area contributed by atoms with Crippen molar-refractivity contribution in [2.75, 3.05) is 6.54 Å². The van der Waals surface area contributed by atoms with E-state index in [9.17, 15) is 9.18 Å². The molecule has 0 heterocycles. The zero-order valence-corrected chi connectivity index (χ0v) is 8.11. The average Bonchev–Trinajstić information content (AvgIpc) is 2.19. The summed E-state index contributed by atoms with van der Waals surface area (Å²) in [6.07, 6.45) is -0.148. The first-order chi connectivity index (χ1) is 7.04. The topological polar surface area (TPSA) is 89.3 Å². The Hall–Kier alpha value is -1.46. The number of rotatable bonds is 4. The van der Waals surface area contributed by atoms with Crippen LogP contribution in [0.4, 0.5) is 4.39 Å². The van der Waals surface area contributed by atoms with Gasteiger partial charge in [0.25, 0.3) is 0 Å². The lowest BCUT2D eigenvalue weighted by Gasteiger charge is -2.11. The lowest BCUT2D eigenvalue weighted by Crippen LogP contribution is -2.22. The third-order valence-corrected chi connectivity index (χ3v) is 2.07. The minimum Gasteiger partial charge on any atom is -0.481 e. The molecule has 0 bridgehead atoms. The molecular weight excluding hydrogens is 199 g/mol. The predicted molar refractivity (Wildman–Crippen MR) is 53.7 cm³/mol. The van der Waals surface area contributed by atoms with Gasteiger partial charge in [-0.15, -0.1) is 0 Å². The summed E-state index contributed by atoms with van der Waals surface area (Å²) >= 11 is 0. The maximum Gasteiger partial charge on any atom is 0.307 e. The second-order valence-corrected chi connectivity index (χ2v) is 3.27. The first kappa shape index (κ1) is 11.6. The summed E-state index contributed by atoms with van der Waals surface area (Å²) in [4.78, 5) is 10.5. The van der Waals surface area contributed by atoms with Crippen molar-refractivity contribution >= 4 is 5.97 Å². The van der Waals surface area contributed by atoms with Crippen LogP contribution in [0.5, 0.6) is 0 Å². The molecule has 15 heavy (non-hydrogen) atoms. The Morgan fingerprint density at radius 2 is 2.20 bits per heavy atom. The van der Waals surface area contributed by atoms with Crippen LogP contribution in [0.15, 0.2) is 18.2 Å². The number of carbonyl (C=O) groups is 1. The van der Waals surface area contributed by atoms with E-state index in [1.54, 1.807) is 0 Å². The summed E-state index contributed by atoms with van der Waals surface area (Å²) in [5.41, 5.74) is 11.7. The summed E-state index contributed by atoms with van der Waals surface area (Å²) in [5, 5.41) is 8.57. The number of carboxylic acids is 1.